The second-order valence-electron chi connectivity index (χ2n) is 5.65. The first-order valence-corrected chi connectivity index (χ1v) is 12.2. The summed E-state index contributed by atoms with van der Waals surface area (Å²) in [5, 5.41) is 0. The molecule has 0 N–H and O–H groups in total. The first-order valence-electron chi connectivity index (χ1n) is 7.49. The molecule has 0 aromatic carbocycles. The summed E-state index contributed by atoms with van der Waals surface area (Å²) < 4.78 is 128. The second-order valence-corrected chi connectivity index (χ2v) is 9.71. The normalized spacial score (nSPS) is 29.1. The van der Waals surface area contributed by atoms with Gasteiger partial charge in [-0.3, -0.25) is 0 Å². The van der Waals surface area contributed by atoms with E-state index in [1.54, 1.807) is 0 Å². The van der Waals surface area contributed by atoms with Gasteiger partial charge in [-0.25, -0.2) is 25.3 Å². The molecule has 0 bridgehead atoms. The molecule has 0 aliphatic carbocycles. The summed E-state index contributed by atoms with van der Waals surface area (Å²) in [6.45, 7) is -0.306. The Morgan fingerprint density at radius 2 is 1.14 bits per heavy atom. The molecular weight excluding hydrogens is 468 g/mol. The van der Waals surface area contributed by atoms with Gasteiger partial charge in [0.1, 0.15) is 72.6 Å². The van der Waals surface area contributed by atoms with Gasteiger partial charge in [-0.2, -0.15) is 0 Å². The van der Waals surface area contributed by atoms with Gasteiger partial charge >= 0.3 is 0 Å². The Bertz CT molecular complexity index is 820. The number of hydrogen-bond acceptors (Lipinski definition) is 15. The summed E-state index contributed by atoms with van der Waals surface area (Å²) >= 11 is 0. The van der Waals surface area contributed by atoms with Crippen LogP contribution in [0.4, 0.5) is 0 Å². The molecule has 0 amide bonds. The number of hydrogen-bond donors (Lipinski definition) is 0. The standard InChI is InChI=1S/C11H22O15S3/c1-21-3-7-8(23-4-27(12,13)14)9(24-5-28(15,16)17)10(11(22-2)26-7)25-6-29(18,19)20/h7-11H,3-6H2,1-2H3,(H,12,13,14)(H,15,16,17)(H,18,19,20)/p-3/t7?,8-,9+,10?,11+/m1/s1. The highest BCUT2D eigenvalue weighted by molar-refractivity contribution is 7.86. The van der Waals surface area contributed by atoms with Crippen molar-refractivity contribution in [2.45, 2.75) is 30.7 Å². The lowest BCUT2D eigenvalue weighted by molar-refractivity contribution is -0.311. The summed E-state index contributed by atoms with van der Waals surface area (Å²) in [6, 6.07) is 0. The topological polar surface area (TPSA) is 227 Å². The highest BCUT2D eigenvalue weighted by Crippen LogP contribution is 2.29. The molecule has 0 saturated carbocycles. The van der Waals surface area contributed by atoms with Gasteiger partial charge in [0, 0.05) is 14.2 Å². The molecule has 0 aromatic heterocycles. The van der Waals surface area contributed by atoms with Gasteiger partial charge in [-0.15, -0.1) is 0 Å². The first kappa shape index (κ1) is 26.5. The Hall–Kier alpha value is -0.510. The molecule has 1 fully saturated rings. The highest BCUT2D eigenvalue weighted by Gasteiger charge is 2.49. The zero-order valence-electron chi connectivity index (χ0n) is 15.1. The van der Waals surface area contributed by atoms with Crippen molar-refractivity contribution in [3.8, 4) is 0 Å². The fourth-order valence-corrected chi connectivity index (χ4v) is 3.39. The highest BCUT2D eigenvalue weighted by atomic mass is 32.2. The minimum Gasteiger partial charge on any atom is -0.746 e. The monoisotopic (exact) mass is 487 g/mol. The SMILES string of the molecule is COCC1O[C@H](OC)C(OCS(=O)(=O)[O-])[C@@H](OCS(=O)(=O)[O-])[C@@H]1OCS(=O)(=O)[O-]. The van der Waals surface area contributed by atoms with Crippen molar-refractivity contribution in [2.75, 3.05) is 38.6 Å². The molecule has 0 spiro atoms. The van der Waals surface area contributed by atoms with Crippen molar-refractivity contribution >= 4 is 30.4 Å². The van der Waals surface area contributed by atoms with Crippen molar-refractivity contribution in [3.05, 3.63) is 0 Å². The van der Waals surface area contributed by atoms with Crippen molar-refractivity contribution < 1.29 is 67.3 Å². The summed E-state index contributed by atoms with van der Waals surface area (Å²) in [4.78, 5) is 0. The van der Waals surface area contributed by atoms with E-state index in [0.717, 1.165) is 7.11 Å². The van der Waals surface area contributed by atoms with Crippen molar-refractivity contribution in [1.82, 2.24) is 0 Å². The molecule has 29 heavy (non-hydrogen) atoms. The lowest BCUT2D eigenvalue weighted by Gasteiger charge is -2.45. The van der Waals surface area contributed by atoms with E-state index in [2.05, 4.69) is 0 Å². The molecule has 1 aliphatic rings. The Morgan fingerprint density at radius 3 is 1.52 bits per heavy atom. The van der Waals surface area contributed by atoms with Crippen LogP contribution in [0.2, 0.25) is 0 Å². The molecule has 0 radical (unpaired) electrons. The van der Waals surface area contributed by atoms with Gasteiger partial charge < -0.3 is 42.1 Å². The number of rotatable bonds is 12. The molecule has 1 rings (SSSR count). The van der Waals surface area contributed by atoms with Gasteiger partial charge in [0.2, 0.25) is 0 Å². The van der Waals surface area contributed by atoms with E-state index in [0.29, 0.717) is 0 Å². The third-order valence-electron chi connectivity index (χ3n) is 3.37. The van der Waals surface area contributed by atoms with E-state index in [9.17, 15) is 38.9 Å². The second kappa shape index (κ2) is 10.7. The summed E-state index contributed by atoms with van der Waals surface area (Å²) in [5.74, 6) is -4.29. The van der Waals surface area contributed by atoms with E-state index in [-0.39, 0.29) is 6.61 Å². The predicted octanol–water partition coefficient (Wildman–Crippen LogP) is -3.33. The zero-order valence-corrected chi connectivity index (χ0v) is 17.5. The molecule has 18 heteroatoms. The molecule has 15 nitrogen and oxygen atoms in total. The van der Waals surface area contributed by atoms with Crippen LogP contribution in [0.25, 0.3) is 0 Å². The van der Waals surface area contributed by atoms with Crippen LogP contribution in [0.15, 0.2) is 0 Å². The summed E-state index contributed by atoms with van der Waals surface area (Å²) in [7, 11) is -12.5. The maximum atomic E-state index is 10.9. The van der Waals surface area contributed by atoms with Crippen LogP contribution in [0, 0.1) is 0 Å². The smallest absolute Gasteiger partial charge is 0.186 e. The maximum absolute atomic E-state index is 10.9. The average molecular weight is 487 g/mol. The van der Waals surface area contributed by atoms with E-state index < -0.39 is 78.9 Å². The fraction of sp³-hybridized carbons (Fsp3) is 1.00. The van der Waals surface area contributed by atoms with Gasteiger partial charge in [0.15, 0.2) is 6.29 Å². The molecule has 2 unspecified atom stereocenters. The van der Waals surface area contributed by atoms with Gasteiger partial charge in [0.05, 0.1) is 6.61 Å². The van der Waals surface area contributed by atoms with Crippen LogP contribution in [-0.4, -0.2) is 108 Å². The first-order chi connectivity index (χ1) is 13.2. The van der Waals surface area contributed by atoms with Gasteiger partial charge in [0.25, 0.3) is 0 Å². The van der Waals surface area contributed by atoms with Crippen LogP contribution < -0.4 is 0 Å². The van der Waals surface area contributed by atoms with Gasteiger partial charge in [-0.1, -0.05) is 0 Å². The van der Waals surface area contributed by atoms with E-state index in [4.69, 9.17) is 28.4 Å². The summed E-state index contributed by atoms with van der Waals surface area (Å²) in [6.07, 6.45) is -7.67. The molecule has 5 atom stereocenters. The minimum atomic E-state index is -4.97. The predicted molar refractivity (Wildman–Crippen MR) is 85.9 cm³/mol. The van der Waals surface area contributed by atoms with Crippen molar-refractivity contribution in [1.29, 1.82) is 0 Å². The maximum Gasteiger partial charge on any atom is 0.186 e. The van der Waals surface area contributed by atoms with Gasteiger partial charge in [-0.05, 0) is 0 Å². The number of ether oxygens (including phenoxy) is 6. The van der Waals surface area contributed by atoms with Crippen LogP contribution in [0.1, 0.15) is 0 Å². The third kappa shape index (κ3) is 9.89. The molecular formula is C11H19O15S3-3. The van der Waals surface area contributed by atoms with Crippen molar-refractivity contribution in [2.24, 2.45) is 0 Å². The van der Waals surface area contributed by atoms with Crippen LogP contribution in [0.3, 0.4) is 0 Å². The zero-order chi connectivity index (χ0) is 22.5. The van der Waals surface area contributed by atoms with E-state index >= 15 is 0 Å². The van der Waals surface area contributed by atoms with Crippen molar-refractivity contribution in [3.63, 3.8) is 0 Å². The lowest BCUT2D eigenvalue weighted by atomic mass is 9.98. The van der Waals surface area contributed by atoms with E-state index in [1.807, 2.05) is 0 Å². The average Bonchev–Trinajstić information content (AvgIpc) is 2.54. The molecule has 1 saturated heterocycles. The Labute approximate surface area is 167 Å². The Balaban J connectivity index is 3.27. The van der Waals surface area contributed by atoms with Crippen LogP contribution >= 0.6 is 0 Å². The number of methoxy groups -OCH3 is 2. The molecule has 1 aliphatic heterocycles. The van der Waals surface area contributed by atoms with Crippen LogP contribution in [0.5, 0.6) is 0 Å². The largest absolute Gasteiger partial charge is 0.746 e. The van der Waals surface area contributed by atoms with E-state index in [1.165, 1.54) is 7.11 Å². The lowest BCUT2D eigenvalue weighted by Crippen LogP contribution is -2.62. The fourth-order valence-electron chi connectivity index (χ4n) is 2.42. The minimum absolute atomic E-state index is 0.306. The third-order valence-corrected chi connectivity index (χ3v) is 4.64. The van der Waals surface area contributed by atoms with Crippen LogP contribution in [-0.2, 0) is 58.8 Å². The Morgan fingerprint density at radius 1 is 0.724 bits per heavy atom. The quantitative estimate of drug-likeness (QED) is 0.245. The molecule has 174 valence electrons. The summed E-state index contributed by atoms with van der Waals surface area (Å²) in [5.41, 5.74) is 0. The Kier molecular flexibility index (Phi) is 9.77. The molecule has 0 aromatic rings. The molecule has 1 heterocycles.